The molecule has 0 atom stereocenters. The predicted molar refractivity (Wildman–Crippen MR) is 68.5 cm³/mol. The average molecular weight is 215 g/mol. The zero-order valence-electron chi connectivity index (χ0n) is 9.39. The number of aryl methyl sites for hydroxylation is 1. The predicted octanol–water partition coefficient (Wildman–Crippen LogP) is 2.88. The standard InChI is InChI=1S/C14H17NO/c1-3-4-14(15-2)10-9-12-5-7-13(11-16)8-6-12/h3-8,16H,1-2,9-11H2/b14-4-. The van der Waals surface area contributed by atoms with Crippen LogP contribution in [-0.2, 0) is 13.0 Å². The molecule has 0 aliphatic heterocycles. The highest BCUT2D eigenvalue weighted by Gasteiger charge is 1.96. The Kier molecular flexibility index (Phi) is 5.23. The van der Waals surface area contributed by atoms with Crippen molar-refractivity contribution in [2.75, 3.05) is 0 Å². The molecule has 1 rings (SSSR count). The number of allylic oxidation sites excluding steroid dienone is 3. The van der Waals surface area contributed by atoms with Gasteiger partial charge in [-0.05, 0) is 36.8 Å². The first-order valence-corrected chi connectivity index (χ1v) is 5.27. The third-order valence-electron chi connectivity index (χ3n) is 2.39. The third kappa shape index (κ3) is 3.83. The van der Waals surface area contributed by atoms with Gasteiger partial charge in [0.15, 0.2) is 0 Å². The molecule has 16 heavy (non-hydrogen) atoms. The molecular weight excluding hydrogens is 198 g/mol. The van der Waals surface area contributed by atoms with Gasteiger partial charge in [-0.2, -0.15) is 0 Å². The first kappa shape index (κ1) is 12.4. The van der Waals surface area contributed by atoms with Crippen molar-refractivity contribution in [2.24, 2.45) is 4.99 Å². The second-order valence-electron chi connectivity index (χ2n) is 3.53. The molecule has 0 fully saturated rings. The van der Waals surface area contributed by atoms with Gasteiger partial charge in [0.1, 0.15) is 0 Å². The maximum absolute atomic E-state index is 8.91. The molecule has 1 N–H and O–H groups in total. The van der Waals surface area contributed by atoms with Gasteiger partial charge < -0.3 is 5.11 Å². The van der Waals surface area contributed by atoms with Crippen molar-refractivity contribution in [2.45, 2.75) is 19.4 Å². The SMILES string of the molecule is C=C/C=C(/CCc1ccc(CO)cc1)N=C. The summed E-state index contributed by atoms with van der Waals surface area (Å²) in [6.07, 6.45) is 5.37. The Morgan fingerprint density at radius 2 is 1.88 bits per heavy atom. The maximum Gasteiger partial charge on any atom is 0.0681 e. The summed E-state index contributed by atoms with van der Waals surface area (Å²) >= 11 is 0. The second-order valence-corrected chi connectivity index (χ2v) is 3.53. The van der Waals surface area contributed by atoms with Crippen molar-refractivity contribution >= 4 is 6.72 Å². The minimum Gasteiger partial charge on any atom is -0.392 e. The number of nitrogens with zero attached hydrogens (tertiary/aromatic N) is 1. The van der Waals surface area contributed by atoms with Crippen molar-refractivity contribution in [3.05, 3.63) is 59.8 Å². The van der Waals surface area contributed by atoms with Crippen molar-refractivity contribution < 1.29 is 5.11 Å². The second kappa shape index (κ2) is 6.75. The van der Waals surface area contributed by atoms with E-state index in [2.05, 4.69) is 18.3 Å². The van der Waals surface area contributed by atoms with Crippen LogP contribution in [0.15, 0.2) is 53.7 Å². The maximum atomic E-state index is 8.91. The van der Waals surface area contributed by atoms with E-state index < -0.39 is 0 Å². The van der Waals surface area contributed by atoms with E-state index in [4.69, 9.17) is 5.11 Å². The van der Waals surface area contributed by atoms with Gasteiger partial charge in [-0.1, -0.05) is 36.9 Å². The molecule has 0 heterocycles. The summed E-state index contributed by atoms with van der Waals surface area (Å²) in [4.78, 5) is 3.93. The van der Waals surface area contributed by atoms with Crippen LogP contribution < -0.4 is 0 Å². The highest BCUT2D eigenvalue weighted by molar-refractivity contribution is 5.30. The van der Waals surface area contributed by atoms with E-state index in [1.807, 2.05) is 30.3 Å². The quantitative estimate of drug-likeness (QED) is 0.574. The molecule has 0 radical (unpaired) electrons. The lowest BCUT2D eigenvalue weighted by molar-refractivity contribution is 0.282. The van der Waals surface area contributed by atoms with Crippen LogP contribution in [0, 0.1) is 0 Å². The van der Waals surface area contributed by atoms with Crippen LogP contribution in [0.25, 0.3) is 0 Å². The molecule has 0 amide bonds. The smallest absolute Gasteiger partial charge is 0.0681 e. The van der Waals surface area contributed by atoms with E-state index >= 15 is 0 Å². The molecule has 84 valence electrons. The monoisotopic (exact) mass is 215 g/mol. The number of aliphatic imine (C=N–C) groups is 1. The fourth-order valence-corrected chi connectivity index (χ4v) is 1.43. The van der Waals surface area contributed by atoms with Gasteiger partial charge in [0.05, 0.1) is 6.61 Å². The van der Waals surface area contributed by atoms with Gasteiger partial charge in [-0.25, -0.2) is 0 Å². The van der Waals surface area contributed by atoms with E-state index in [0.29, 0.717) is 0 Å². The molecule has 1 aromatic carbocycles. The van der Waals surface area contributed by atoms with E-state index in [1.165, 1.54) is 5.56 Å². The number of rotatable bonds is 6. The van der Waals surface area contributed by atoms with Crippen molar-refractivity contribution in [3.8, 4) is 0 Å². The molecule has 2 nitrogen and oxygen atoms in total. The Balaban J connectivity index is 2.56. The molecule has 0 saturated heterocycles. The summed E-state index contributed by atoms with van der Waals surface area (Å²) in [5.74, 6) is 0. The summed E-state index contributed by atoms with van der Waals surface area (Å²) in [6.45, 7) is 7.25. The zero-order chi connectivity index (χ0) is 11.8. The lowest BCUT2D eigenvalue weighted by Gasteiger charge is -2.03. The molecule has 0 saturated carbocycles. The Bertz CT molecular complexity index is 376. The molecule has 0 aromatic heterocycles. The summed E-state index contributed by atoms with van der Waals surface area (Å²) in [7, 11) is 0. The van der Waals surface area contributed by atoms with Crippen molar-refractivity contribution in [3.63, 3.8) is 0 Å². The summed E-state index contributed by atoms with van der Waals surface area (Å²) in [5, 5.41) is 8.91. The zero-order valence-corrected chi connectivity index (χ0v) is 9.39. The molecule has 0 aliphatic rings. The van der Waals surface area contributed by atoms with E-state index in [-0.39, 0.29) is 6.61 Å². The van der Waals surface area contributed by atoms with Crippen molar-refractivity contribution in [1.82, 2.24) is 0 Å². The number of benzene rings is 1. The van der Waals surface area contributed by atoms with Crippen LogP contribution in [0.3, 0.4) is 0 Å². The molecule has 0 bridgehead atoms. The molecule has 0 aliphatic carbocycles. The minimum atomic E-state index is 0.0934. The highest BCUT2D eigenvalue weighted by atomic mass is 16.3. The lowest BCUT2D eigenvalue weighted by Crippen LogP contribution is -1.89. The molecule has 0 spiro atoms. The Morgan fingerprint density at radius 3 is 2.38 bits per heavy atom. The van der Waals surface area contributed by atoms with Gasteiger partial charge in [-0.3, -0.25) is 4.99 Å². The Morgan fingerprint density at radius 1 is 1.25 bits per heavy atom. The average Bonchev–Trinajstić information content (AvgIpc) is 2.35. The largest absolute Gasteiger partial charge is 0.392 e. The third-order valence-corrected chi connectivity index (χ3v) is 2.39. The summed E-state index contributed by atoms with van der Waals surface area (Å²) in [6, 6.07) is 7.93. The fraction of sp³-hybridized carbons (Fsp3) is 0.214. The summed E-state index contributed by atoms with van der Waals surface area (Å²) < 4.78 is 0. The van der Waals surface area contributed by atoms with Crippen LogP contribution >= 0.6 is 0 Å². The van der Waals surface area contributed by atoms with Gasteiger partial charge in [0.25, 0.3) is 0 Å². The molecular formula is C14H17NO. The summed E-state index contributed by atoms with van der Waals surface area (Å²) in [5.41, 5.74) is 3.12. The molecule has 1 aromatic rings. The first-order valence-electron chi connectivity index (χ1n) is 5.27. The highest BCUT2D eigenvalue weighted by Crippen LogP contribution is 2.11. The van der Waals surface area contributed by atoms with Gasteiger partial charge >= 0.3 is 0 Å². The van der Waals surface area contributed by atoms with Gasteiger partial charge in [0, 0.05) is 5.70 Å². The number of aliphatic hydroxyl groups is 1. The molecule has 2 heteroatoms. The van der Waals surface area contributed by atoms with E-state index in [0.717, 1.165) is 24.1 Å². The lowest BCUT2D eigenvalue weighted by atomic mass is 10.1. The number of aliphatic hydroxyl groups excluding tert-OH is 1. The van der Waals surface area contributed by atoms with Crippen LogP contribution in [0.2, 0.25) is 0 Å². The first-order chi connectivity index (χ1) is 7.80. The van der Waals surface area contributed by atoms with Gasteiger partial charge in [-0.15, -0.1) is 0 Å². The van der Waals surface area contributed by atoms with Crippen molar-refractivity contribution in [1.29, 1.82) is 0 Å². The van der Waals surface area contributed by atoms with Crippen LogP contribution in [-0.4, -0.2) is 11.8 Å². The fourth-order valence-electron chi connectivity index (χ4n) is 1.43. The van der Waals surface area contributed by atoms with Crippen LogP contribution in [0.4, 0.5) is 0 Å². The number of hydrogen-bond acceptors (Lipinski definition) is 2. The normalized spacial score (nSPS) is 11.2. The molecule has 0 unspecified atom stereocenters. The topological polar surface area (TPSA) is 32.6 Å². The van der Waals surface area contributed by atoms with E-state index in [9.17, 15) is 0 Å². The van der Waals surface area contributed by atoms with Gasteiger partial charge in [0.2, 0.25) is 0 Å². The van der Waals surface area contributed by atoms with Crippen LogP contribution in [0.5, 0.6) is 0 Å². The van der Waals surface area contributed by atoms with Crippen LogP contribution in [0.1, 0.15) is 17.5 Å². The Labute approximate surface area is 96.7 Å². The van der Waals surface area contributed by atoms with E-state index in [1.54, 1.807) is 6.08 Å². The number of hydrogen-bond donors (Lipinski definition) is 1. The Hall–Kier alpha value is -1.67. The minimum absolute atomic E-state index is 0.0934.